The monoisotopic (exact) mass is 436 g/mol. The van der Waals surface area contributed by atoms with Crippen molar-refractivity contribution in [3.63, 3.8) is 0 Å². The molecule has 0 heterocycles. The summed E-state index contributed by atoms with van der Waals surface area (Å²) in [4.78, 5) is 12.6. The SMILES string of the molecule is CCC(Oc1ccc(N(C)S(C)(=O)=O)cc1)C(=O)NCc1ccc(OC)c(OC)c1. The van der Waals surface area contributed by atoms with E-state index in [4.69, 9.17) is 14.2 Å². The van der Waals surface area contributed by atoms with Crippen molar-refractivity contribution < 1.29 is 27.4 Å². The third kappa shape index (κ3) is 6.03. The number of rotatable bonds is 10. The fourth-order valence-corrected chi connectivity index (χ4v) is 3.21. The number of carbonyl (C=O) groups excluding carboxylic acids is 1. The molecule has 0 bridgehead atoms. The summed E-state index contributed by atoms with van der Waals surface area (Å²) < 4.78 is 40.7. The van der Waals surface area contributed by atoms with Crippen LogP contribution < -0.4 is 23.8 Å². The van der Waals surface area contributed by atoms with Gasteiger partial charge in [0, 0.05) is 13.6 Å². The first-order chi connectivity index (χ1) is 14.2. The second-order valence-corrected chi connectivity index (χ2v) is 8.66. The van der Waals surface area contributed by atoms with Gasteiger partial charge in [-0.05, 0) is 48.4 Å². The Balaban J connectivity index is 2.00. The Morgan fingerprint density at radius 3 is 2.23 bits per heavy atom. The summed E-state index contributed by atoms with van der Waals surface area (Å²) >= 11 is 0. The summed E-state index contributed by atoms with van der Waals surface area (Å²) in [7, 11) is 1.25. The van der Waals surface area contributed by atoms with Crippen LogP contribution in [0.15, 0.2) is 42.5 Å². The molecule has 0 aliphatic rings. The van der Waals surface area contributed by atoms with E-state index in [0.717, 1.165) is 11.8 Å². The average Bonchev–Trinajstić information content (AvgIpc) is 2.74. The maximum Gasteiger partial charge on any atom is 0.261 e. The normalized spacial score (nSPS) is 12.0. The second kappa shape index (κ2) is 10.2. The van der Waals surface area contributed by atoms with E-state index in [9.17, 15) is 13.2 Å². The van der Waals surface area contributed by atoms with Crippen molar-refractivity contribution in [3.8, 4) is 17.2 Å². The number of nitrogens with one attached hydrogen (secondary N) is 1. The molecule has 0 saturated carbocycles. The van der Waals surface area contributed by atoms with Gasteiger partial charge in [0.15, 0.2) is 17.6 Å². The Bertz CT molecular complexity index is 960. The quantitative estimate of drug-likeness (QED) is 0.615. The Labute approximate surface area is 177 Å². The molecule has 1 amide bonds. The predicted octanol–water partition coefficient (Wildman–Crippen LogP) is 2.57. The fourth-order valence-electron chi connectivity index (χ4n) is 2.71. The van der Waals surface area contributed by atoms with E-state index in [0.29, 0.717) is 35.9 Å². The molecule has 2 aromatic carbocycles. The average molecular weight is 437 g/mol. The van der Waals surface area contributed by atoms with Crippen LogP contribution in [0.25, 0.3) is 0 Å². The summed E-state index contributed by atoms with van der Waals surface area (Å²) in [6.45, 7) is 2.17. The van der Waals surface area contributed by atoms with Crippen LogP contribution in [-0.2, 0) is 21.4 Å². The molecule has 0 spiro atoms. The summed E-state index contributed by atoms with van der Waals surface area (Å²) in [5, 5.41) is 2.86. The van der Waals surface area contributed by atoms with Crippen molar-refractivity contribution in [1.29, 1.82) is 0 Å². The number of carbonyl (C=O) groups is 1. The van der Waals surface area contributed by atoms with Crippen molar-refractivity contribution in [3.05, 3.63) is 48.0 Å². The third-order valence-corrected chi connectivity index (χ3v) is 5.76. The van der Waals surface area contributed by atoms with Gasteiger partial charge in [-0.1, -0.05) is 13.0 Å². The van der Waals surface area contributed by atoms with Crippen LogP contribution in [0, 0.1) is 0 Å². The Morgan fingerprint density at radius 1 is 1.07 bits per heavy atom. The van der Waals surface area contributed by atoms with Gasteiger partial charge in [0.2, 0.25) is 10.0 Å². The van der Waals surface area contributed by atoms with Gasteiger partial charge < -0.3 is 19.5 Å². The summed E-state index contributed by atoms with van der Waals surface area (Å²) in [5.41, 5.74) is 1.37. The van der Waals surface area contributed by atoms with Gasteiger partial charge in [0.25, 0.3) is 5.91 Å². The van der Waals surface area contributed by atoms with Crippen LogP contribution in [0.5, 0.6) is 17.2 Å². The first kappa shape index (κ1) is 23.3. The molecular formula is C21H28N2O6S. The lowest BCUT2D eigenvalue weighted by Gasteiger charge is -2.19. The fraction of sp³-hybridized carbons (Fsp3) is 0.381. The van der Waals surface area contributed by atoms with E-state index in [1.54, 1.807) is 50.6 Å². The smallest absolute Gasteiger partial charge is 0.261 e. The minimum absolute atomic E-state index is 0.246. The molecule has 1 unspecified atom stereocenters. The largest absolute Gasteiger partial charge is 0.493 e. The molecule has 0 radical (unpaired) electrons. The minimum Gasteiger partial charge on any atom is -0.493 e. The molecule has 1 atom stereocenters. The van der Waals surface area contributed by atoms with Crippen LogP contribution in [0.1, 0.15) is 18.9 Å². The molecule has 0 aromatic heterocycles. The highest BCUT2D eigenvalue weighted by Crippen LogP contribution is 2.27. The Hall–Kier alpha value is -2.94. The topological polar surface area (TPSA) is 94.2 Å². The summed E-state index contributed by atoms with van der Waals surface area (Å²) in [6.07, 6.45) is 0.930. The zero-order valence-corrected chi connectivity index (χ0v) is 18.7. The Kier molecular flexibility index (Phi) is 7.93. The standard InChI is InChI=1S/C21H28N2O6S/c1-6-18(29-17-10-8-16(9-11-17)23(2)30(5,25)26)21(24)22-14-15-7-12-19(27-3)20(13-15)28-4/h7-13,18H,6,14H2,1-5H3,(H,22,24). The Morgan fingerprint density at radius 2 is 1.70 bits per heavy atom. The number of hydrogen-bond acceptors (Lipinski definition) is 6. The van der Waals surface area contributed by atoms with Gasteiger partial charge in [-0.15, -0.1) is 0 Å². The number of anilines is 1. The molecule has 8 nitrogen and oxygen atoms in total. The van der Waals surface area contributed by atoms with Crippen molar-refractivity contribution in [2.24, 2.45) is 0 Å². The van der Waals surface area contributed by atoms with E-state index in [1.165, 1.54) is 11.4 Å². The van der Waals surface area contributed by atoms with Crippen molar-refractivity contribution in [2.75, 3.05) is 31.8 Å². The molecule has 9 heteroatoms. The number of hydrogen-bond donors (Lipinski definition) is 1. The van der Waals surface area contributed by atoms with Crippen LogP contribution in [0.3, 0.4) is 0 Å². The van der Waals surface area contributed by atoms with Gasteiger partial charge >= 0.3 is 0 Å². The van der Waals surface area contributed by atoms with Crippen LogP contribution >= 0.6 is 0 Å². The van der Waals surface area contributed by atoms with Crippen LogP contribution in [0.2, 0.25) is 0 Å². The van der Waals surface area contributed by atoms with Gasteiger partial charge in [-0.3, -0.25) is 9.10 Å². The number of sulfonamides is 1. The zero-order valence-electron chi connectivity index (χ0n) is 17.8. The summed E-state index contributed by atoms with van der Waals surface area (Å²) in [5.74, 6) is 1.44. The van der Waals surface area contributed by atoms with E-state index in [-0.39, 0.29) is 5.91 Å². The number of benzene rings is 2. The molecule has 1 N–H and O–H groups in total. The lowest BCUT2D eigenvalue weighted by Crippen LogP contribution is -2.37. The van der Waals surface area contributed by atoms with Gasteiger partial charge in [-0.2, -0.15) is 0 Å². The molecule has 30 heavy (non-hydrogen) atoms. The lowest BCUT2D eigenvalue weighted by molar-refractivity contribution is -0.128. The van der Waals surface area contributed by atoms with Gasteiger partial charge in [0.05, 0.1) is 26.2 Å². The van der Waals surface area contributed by atoms with E-state index < -0.39 is 16.1 Å². The van der Waals surface area contributed by atoms with E-state index >= 15 is 0 Å². The lowest BCUT2D eigenvalue weighted by atomic mass is 10.2. The first-order valence-corrected chi connectivity index (χ1v) is 11.2. The summed E-state index contributed by atoms with van der Waals surface area (Å²) in [6, 6.07) is 12.0. The maximum absolute atomic E-state index is 12.6. The molecule has 0 fully saturated rings. The van der Waals surface area contributed by atoms with Crippen molar-refractivity contribution in [1.82, 2.24) is 5.32 Å². The maximum atomic E-state index is 12.6. The van der Waals surface area contributed by atoms with Gasteiger partial charge in [0.1, 0.15) is 5.75 Å². The number of nitrogens with zero attached hydrogens (tertiary/aromatic N) is 1. The van der Waals surface area contributed by atoms with Crippen LogP contribution in [0.4, 0.5) is 5.69 Å². The minimum atomic E-state index is -3.34. The third-order valence-electron chi connectivity index (χ3n) is 4.55. The van der Waals surface area contributed by atoms with Gasteiger partial charge in [-0.25, -0.2) is 8.42 Å². The number of amides is 1. The van der Waals surface area contributed by atoms with E-state index in [1.807, 2.05) is 13.0 Å². The molecule has 2 rings (SSSR count). The molecule has 0 aliphatic carbocycles. The van der Waals surface area contributed by atoms with Crippen LogP contribution in [-0.4, -0.2) is 48.0 Å². The van der Waals surface area contributed by atoms with Crippen molar-refractivity contribution >= 4 is 21.6 Å². The first-order valence-electron chi connectivity index (χ1n) is 9.38. The van der Waals surface area contributed by atoms with E-state index in [2.05, 4.69) is 5.32 Å². The molecule has 164 valence electrons. The second-order valence-electron chi connectivity index (χ2n) is 6.65. The molecule has 2 aromatic rings. The molecular weight excluding hydrogens is 408 g/mol. The highest BCUT2D eigenvalue weighted by Gasteiger charge is 2.19. The predicted molar refractivity (Wildman–Crippen MR) is 116 cm³/mol. The number of methoxy groups -OCH3 is 2. The van der Waals surface area contributed by atoms with Crippen molar-refractivity contribution in [2.45, 2.75) is 26.0 Å². The zero-order chi connectivity index (χ0) is 22.3. The molecule has 0 aliphatic heterocycles. The number of ether oxygens (including phenoxy) is 3. The molecule has 0 saturated heterocycles. The highest BCUT2D eigenvalue weighted by molar-refractivity contribution is 7.92. The highest BCUT2D eigenvalue weighted by atomic mass is 32.2.